The van der Waals surface area contributed by atoms with Crippen LogP contribution in [0.2, 0.25) is 0 Å². The molecule has 0 heterocycles. The maximum atomic E-state index is 10.0. The molecule has 0 aliphatic carbocycles. The summed E-state index contributed by atoms with van der Waals surface area (Å²) in [7, 11) is 0. The molecule has 0 amide bonds. The van der Waals surface area contributed by atoms with Crippen LogP contribution in [0.25, 0.3) is 11.1 Å². The maximum absolute atomic E-state index is 10.0. The van der Waals surface area contributed by atoms with Gasteiger partial charge in [-0.25, -0.2) is 0 Å². The molecule has 2 rings (SSSR count). The van der Waals surface area contributed by atoms with Crippen LogP contribution in [0.1, 0.15) is 20.3 Å². The summed E-state index contributed by atoms with van der Waals surface area (Å²) >= 11 is 0. The molecule has 2 aromatic carbocycles. The number of ether oxygens (including phenoxy) is 1. The third-order valence-electron chi connectivity index (χ3n) is 3.72. The van der Waals surface area contributed by atoms with Crippen molar-refractivity contribution in [3.63, 3.8) is 0 Å². The number of aliphatic hydroxyl groups is 1. The zero-order valence-corrected chi connectivity index (χ0v) is 13.3. The summed E-state index contributed by atoms with van der Waals surface area (Å²) in [6.07, 6.45) is 0.530. The number of hydrogen-bond donors (Lipinski definition) is 2. The molecule has 0 saturated heterocycles. The summed E-state index contributed by atoms with van der Waals surface area (Å²) in [5.74, 6) is 0.802. The van der Waals surface area contributed by atoms with Gasteiger partial charge in [-0.05, 0) is 25.0 Å². The van der Waals surface area contributed by atoms with Gasteiger partial charge in [0, 0.05) is 18.2 Å². The molecule has 0 unspecified atom stereocenters. The Balaban J connectivity index is 1.96. The van der Waals surface area contributed by atoms with Crippen LogP contribution in [0.4, 0.5) is 0 Å². The lowest BCUT2D eigenvalue weighted by atomic mass is 10.1. The fourth-order valence-electron chi connectivity index (χ4n) is 2.18. The lowest BCUT2D eigenvalue weighted by Crippen LogP contribution is -2.36. The van der Waals surface area contributed by atoms with E-state index in [1.54, 1.807) is 0 Å². The van der Waals surface area contributed by atoms with E-state index in [9.17, 15) is 5.11 Å². The van der Waals surface area contributed by atoms with Crippen molar-refractivity contribution >= 4 is 0 Å². The second-order valence-electron chi connectivity index (χ2n) is 5.54. The van der Waals surface area contributed by atoms with Crippen molar-refractivity contribution in [1.29, 1.82) is 0 Å². The van der Waals surface area contributed by atoms with Gasteiger partial charge in [0.2, 0.25) is 0 Å². The van der Waals surface area contributed by atoms with Crippen molar-refractivity contribution in [2.45, 2.75) is 32.4 Å². The van der Waals surface area contributed by atoms with Gasteiger partial charge in [0.05, 0.1) is 0 Å². The molecule has 0 spiro atoms. The third kappa shape index (κ3) is 4.86. The van der Waals surface area contributed by atoms with Crippen LogP contribution in [0.3, 0.4) is 0 Å². The predicted octanol–water partition coefficient (Wildman–Crippen LogP) is 3.48. The van der Waals surface area contributed by atoms with Crippen molar-refractivity contribution < 1.29 is 9.84 Å². The largest absolute Gasteiger partial charge is 0.490 e. The summed E-state index contributed by atoms with van der Waals surface area (Å²) in [5, 5.41) is 13.3. The number of benzene rings is 2. The molecule has 0 aliphatic rings. The zero-order chi connectivity index (χ0) is 15.8. The molecular weight excluding hydrogens is 274 g/mol. The van der Waals surface area contributed by atoms with Gasteiger partial charge < -0.3 is 15.2 Å². The third-order valence-corrected chi connectivity index (χ3v) is 3.72. The molecule has 3 nitrogen and oxygen atoms in total. The average molecular weight is 299 g/mol. The van der Waals surface area contributed by atoms with Gasteiger partial charge in [-0.15, -0.1) is 0 Å². The minimum Gasteiger partial charge on any atom is -0.490 e. The summed E-state index contributed by atoms with van der Waals surface area (Å²) in [6, 6.07) is 18.5. The lowest BCUT2D eigenvalue weighted by Gasteiger charge is -2.17. The number of rotatable bonds is 8. The number of nitrogens with one attached hydrogen (secondary N) is 1. The normalized spacial score (nSPS) is 13.6. The fourth-order valence-corrected chi connectivity index (χ4v) is 2.18. The molecule has 0 fully saturated rings. The van der Waals surface area contributed by atoms with E-state index in [0.29, 0.717) is 12.6 Å². The molecule has 3 heteroatoms. The zero-order valence-electron chi connectivity index (χ0n) is 13.3. The van der Waals surface area contributed by atoms with Gasteiger partial charge in [-0.2, -0.15) is 0 Å². The molecule has 22 heavy (non-hydrogen) atoms. The first-order valence-corrected chi connectivity index (χ1v) is 7.89. The number of aliphatic hydroxyl groups excluding tert-OH is 1. The van der Waals surface area contributed by atoms with Gasteiger partial charge in [-0.1, -0.05) is 55.5 Å². The molecule has 118 valence electrons. The Morgan fingerprint density at radius 3 is 2.45 bits per heavy atom. The van der Waals surface area contributed by atoms with Gasteiger partial charge >= 0.3 is 0 Å². The van der Waals surface area contributed by atoms with E-state index in [2.05, 4.69) is 31.3 Å². The maximum Gasteiger partial charge on any atom is 0.127 e. The monoisotopic (exact) mass is 299 g/mol. The summed E-state index contributed by atoms with van der Waals surface area (Å²) in [6.45, 7) is 5.06. The Labute approximate surface area is 133 Å². The molecule has 0 saturated carbocycles. The second kappa shape index (κ2) is 8.57. The van der Waals surface area contributed by atoms with Crippen molar-refractivity contribution in [3.8, 4) is 16.9 Å². The van der Waals surface area contributed by atoms with Gasteiger partial charge in [0.15, 0.2) is 0 Å². The average Bonchev–Trinajstić information content (AvgIpc) is 2.58. The predicted molar refractivity (Wildman–Crippen MR) is 91.1 cm³/mol. The highest BCUT2D eigenvalue weighted by molar-refractivity contribution is 5.70. The summed E-state index contributed by atoms with van der Waals surface area (Å²) in [4.78, 5) is 0. The van der Waals surface area contributed by atoms with E-state index >= 15 is 0 Å². The van der Waals surface area contributed by atoms with Gasteiger partial charge in [0.1, 0.15) is 18.5 Å². The fraction of sp³-hybridized carbons (Fsp3) is 0.368. The van der Waals surface area contributed by atoms with Crippen LogP contribution in [0.15, 0.2) is 54.6 Å². The first-order valence-electron chi connectivity index (χ1n) is 7.89. The Morgan fingerprint density at radius 2 is 1.73 bits per heavy atom. The molecule has 0 bridgehead atoms. The number of hydrogen-bond acceptors (Lipinski definition) is 3. The standard InChI is InChI=1S/C19H25NO2/c1-3-15(2)20-13-17(21)14-22-19-12-8-7-11-18(19)16-9-5-4-6-10-16/h4-12,15,17,20-21H,3,13-14H2,1-2H3/t15-,17+/m1/s1. The number of para-hydroxylation sites is 1. The second-order valence-corrected chi connectivity index (χ2v) is 5.54. The lowest BCUT2D eigenvalue weighted by molar-refractivity contribution is 0.104. The van der Waals surface area contributed by atoms with Gasteiger partial charge in [0.25, 0.3) is 0 Å². The van der Waals surface area contributed by atoms with E-state index in [1.807, 2.05) is 42.5 Å². The Bertz CT molecular complexity index is 556. The van der Waals surface area contributed by atoms with Gasteiger partial charge in [-0.3, -0.25) is 0 Å². The van der Waals surface area contributed by atoms with Crippen LogP contribution in [0.5, 0.6) is 5.75 Å². The van der Waals surface area contributed by atoms with Crippen LogP contribution in [-0.2, 0) is 0 Å². The highest BCUT2D eigenvalue weighted by Gasteiger charge is 2.10. The van der Waals surface area contributed by atoms with Crippen molar-refractivity contribution in [2.24, 2.45) is 0 Å². The molecule has 2 atom stereocenters. The quantitative estimate of drug-likeness (QED) is 0.784. The van der Waals surface area contributed by atoms with Crippen LogP contribution >= 0.6 is 0 Å². The first kappa shape index (κ1) is 16.5. The van der Waals surface area contributed by atoms with Crippen LogP contribution in [0, 0.1) is 0 Å². The van der Waals surface area contributed by atoms with Crippen molar-refractivity contribution in [2.75, 3.05) is 13.2 Å². The molecular formula is C19H25NO2. The minimum atomic E-state index is -0.516. The topological polar surface area (TPSA) is 41.5 Å². The smallest absolute Gasteiger partial charge is 0.127 e. The van der Waals surface area contributed by atoms with E-state index < -0.39 is 6.10 Å². The highest BCUT2D eigenvalue weighted by atomic mass is 16.5. The summed E-state index contributed by atoms with van der Waals surface area (Å²) in [5.41, 5.74) is 2.16. The SMILES string of the molecule is CC[C@@H](C)NC[C@H](O)COc1ccccc1-c1ccccc1. The molecule has 0 aromatic heterocycles. The highest BCUT2D eigenvalue weighted by Crippen LogP contribution is 2.29. The van der Waals surface area contributed by atoms with E-state index in [-0.39, 0.29) is 6.61 Å². The van der Waals surface area contributed by atoms with E-state index in [1.165, 1.54) is 0 Å². The van der Waals surface area contributed by atoms with Crippen LogP contribution in [-0.4, -0.2) is 30.4 Å². The van der Waals surface area contributed by atoms with E-state index in [0.717, 1.165) is 23.3 Å². The van der Waals surface area contributed by atoms with Crippen molar-refractivity contribution in [3.05, 3.63) is 54.6 Å². The summed E-state index contributed by atoms with van der Waals surface area (Å²) < 4.78 is 5.83. The Morgan fingerprint density at radius 1 is 1.05 bits per heavy atom. The molecule has 2 N–H and O–H groups in total. The minimum absolute atomic E-state index is 0.285. The first-order chi connectivity index (χ1) is 10.7. The molecule has 2 aromatic rings. The Kier molecular flexibility index (Phi) is 6.44. The van der Waals surface area contributed by atoms with Crippen LogP contribution < -0.4 is 10.1 Å². The van der Waals surface area contributed by atoms with E-state index in [4.69, 9.17) is 4.74 Å². The molecule has 0 aliphatic heterocycles. The molecule has 0 radical (unpaired) electrons. The Hall–Kier alpha value is -1.84. The van der Waals surface area contributed by atoms with Crippen molar-refractivity contribution in [1.82, 2.24) is 5.32 Å².